The SMILES string of the molecule is C=CCn1c(=NC(=O)/C=C/c2cccc([N+](=O)[O-])c2)sc2cc3c(cc21)OCCO3. The molecule has 2 heterocycles. The highest BCUT2D eigenvalue weighted by molar-refractivity contribution is 7.16. The third-order valence-corrected chi connectivity index (χ3v) is 5.40. The zero-order chi connectivity index (χ0) is 21.1. The molecule has 0 atom stereocenters. The molecule has 3 aromatic rings. The van der Waals surface area contributed by atoms with Crippen LogP contribution in [0.2, 0.25) is 0 Å². The van der Waals surface area contributed by atoms with Gasteiger partial charge in [0, 0.05) is 36.9 Å². The van der Waals surface area contributed by atoms with Gasteiger partial charge in [-0.3, -0.25) is 14.9 Å². The van der Waals surface area contributed by atoms with E-state index in [2.05, 4.69) is 11.6 Å². The molecule has 0 spiro atoms. The van der Waals surface area contributed by atoms with Gasteiger partial charge >= 0.3 is 0 Å². The Labute approximate surface area is 175 Å². The monoisotopic (exact) mass is 423 g/mol. The number of carbonyl (C=O) groups is 1. The fraction of sp³-hybridized carbons (Fsp3) is 0.143. The minimum atomic E-state index is -0.480. The van der Waals surface area contributed by atoms with E-state index in [9.17, 15) is 14.9 Å². The normalized spacial score (nSPS) is 13.7. The summed E-state index contributed by atoms with van der Waals surface area (Å²) in [6.07, 6.45) is 4.52. The van der Waals surface area contributed by atoms with Crippen molar-refractivity contribution in [3.05, 3.63) is 75.6 Å². The van der Waals surface area contributed by atoms with Crippen molar-refractivity contribution in [1.82, 2.24) is 4.57 Å². The number of hydrogen-bond donors (Lipinski definition) is 0. The molecule has 2 aromatic carbocycles. The fourth-order valence-electron chi connectivity index (χ4n) is 3.04. The Morgan fingerprint density at radius 3 is 2.77 bits per heavy atom. The molecule has 0 unspecified atom stereocenters. The van der Waals surface area contributed by atoms with Crippen molar-refractivity contribution in [3.8, 4) is 11.5 Å². The number of nitro groups is 1. The van der Waals surface area contributed by atoms with E-state index in [0.29, 0.717) is 41.6 Å². The Morgan fingerprint density at radius 2 is 2.03 bits per heavy atom. The molecule has 1 aromatic heterocycles. The smallest absolute Gasteiger partial charge is 0.272 e. The molecule has 0 N–H and O–H groups in total. The highest BCUT2D eigenvalue weighted by atomic mass is 32.1. The maximum absolute atomic E-state index is 12.4. The maximum atomic E-state index is 12.4. The van der Waals surface area contributed by atoms with Crippen LogP contribution in [-0.2, 0) is 11.3 Å². The highest BCUT2D eigenvalue weighted by Crippen LogP contribution is 2.35. The summed E-state index contributed by atoms with van der Waals surface area (Å²) >= 11 is 1.36. The van der Waals surface area contributed by atoms with Gasteiger partial charge in [-0.05, 0) is 11.6 Å². The number of nitro benzene ring substituents is 1. The van der Waals surface area contributed by atoms with Crippen LogP contribution in [0.1, 0.15) is 5.56 Å². The number of rotatable bonds is 5. The molecular weight excluding hydrogens is 406 g/mol. The topological polar surface area (TPSA) is 96.0 Å². The summed E-state index contributed by atoms with van der Waals surface area (Å²) in [7, 11) is 0. The summed E-state index contributed by atoms with van der Waals surface area (Å²) in [6, 6.07) is 9.80. The molecule has 9 heteroatoms. The number of carbonyl (C=O) groups excluding carboxylic acids is 1. The van der Waals surface area contributed by atoms with Gasteiger partial charge < -0.3 is 14.0 Å². The Kier molecular flexibility index (Phi) is 5.44. The first-order chi connectivity index (χ1) is 14.5. The van der Waals surface area contributed by atoms with E-state index in [-0.39, 0.29) is 5.69 Å². The molecule has 0 bridgehead atoms. The van der Waals surface area contributed by atoms with Crippen LogP contribution >= 0.6 is 11.3 Å². The summed E-state index contributed by atoms with van der Waals surface area (Å²) in [6.45, 7) is 5.24. The summed E-state index contributed by atoms with van der Waals surface area (Å²) in [4.78, 5) is 27.5. The lowest BCUT2D eigenvalue weighted by Crippen LogP contribution is -2.17. The second-order valence-electron chi connectivity index (χ2n) is 6.38. The molecule has 30 heavy (non-hydrogen) atoms. The molecule has 0 saturated heterocycles. The summed E-state index contributed by atoms with van der Waals surface area (Å²) in [5.41, 5.74) is 1.38. The van der Waals surface area contributed by atoms with Gasteiger partial charge in [0.25, 0.3) is 11.6 Å². The number of fused-ring (bicyclic) bond motifs is 2. The van der Waals surface area contributed by atoms with E-state index in [4.69, 9.17) is 9.47 Å². The number of thiazole rings is 1. The van der Waals surface area contributed by atoms with Gasteiger partial charge in [-0.2, -0.15) is 4.99 Å². The average molecular weight is 423 g/mol. The van der Waals surface area contributed by atoms with Crippen molar-refractivity contribution in [1.29, 1.82) is 0 Å². The molecule has 0 radical (unpaired) electrons. The molecule has 1 aliphatic rings. The Balaban J connectivity index is 1.69. The van der Waals surface area contributed by atoms with Crippen LogP contribution in [0.5, 0.6) is 11.5 Å². The first kappa shape index (κ1) is 19.6. The van der Waals surface area contributed by atoms with Gasteiger partial charge in [-0.15, -0.1) is 6.58 Å². The molecule has 0 saturated carbocycles. The Bertz CT molecular complexity index is 1260. The second-order valence-corrected chi connectivity index (χ2v) is 7.39. The van der Waals surface area contributed by atoms with Crippen molar-refractivity contribution in [2.24, 2.45) is 4.99 Å². The second kappa shape index (κ2) is 8.34. The average Bonchev–Trinajstić information content (AvgIpc) is 3.07. The van der Waals surface area contributed by atoms with Crippen LogP contribution in [0.4, 0.5) is 5.69 Å². The molecule has 8 nitrogen and oxygen atoms in total. The first-order valence-electron chi connectivity index (χ1n) is 9.10. The van der Waals surface area contributed by atoms with Gasteiger partial charge in [0.05, 0.1) is 15.1 Å². The van der Waals surface area contributed by atoms with Gasteiger partial charge in [0.2, 0.25) is 0 Å². The van der Waals surface area contributed by atoms with E-state index in [1.54, 1.807) is 18.2 Å². The lowest BCUT2D eigenvalue weighted by atomic mass is 10.2. The van der Waals surface area contributed by atoms with Crippen LogP contribution < -0.4 is 14.3 Å². The summed E-state index contributed by atoms with van der Waals surface area (Å²) < 4.78 is 14.1. The first-order valence-corrected chi connectivity index (χ1v) is 9.92. The summed E-state index contributed by atoms with van der Waals surface area (Å²) in [5.74, 6) is 0.861. The van der Waals surface area contributed by atoms with E-state index >= 15 is 0 Å². The molecule has 0 fully saturated rings. The van der Waals surface area contributed by atoms with E-state index in [0.717, 1.165) is 10.2 Å². The van der Waals surface area contributed by atoms with Gasteiger partial charge in [0.1, 0.15) is 13.2 Å². The van der Waals surface area contributed by atoms with Crippen LogP contribution in [-0.4, -0.2) is 28.6 Å². The molecular formula is C21H17N3O5S. The zero-order valence-electron chi connectivity index (χ0n) is 15.8. The number of benzene rings is 2. The van der Waals surface area contributed by atoms with Crippen molar-refractivity contribution in [3.63, 3.8) is 0 Å². The van der Waals surface area contributed by atoms with Gasteiger partial charge in [0.15, 0.2) is 16.3 Å². The highest BCUT2D eigenvalue weighted by Gasteiger charge is 2.16. The van der Waals surface area contributed by atoms with E-state index < -0.39 is 10.8 Å². The number of ether oxygens (including phenoxy) is 2. The third-order valence-electron chi connectivity index (χ3n) is 4.36. The quantitative estimate of drug-likeness (QED) is 0.270. The number of amides is 1. The lowest BCUT2D eigenvalue weighted by Gasteiger charge is -2.18. The van der Waals surface area contributed by atoms with E-state index in [1.165, 1.54) is 35.6 Å². The largest absolute Gasteiger partial charge is 0.486 e. The zero-order valence-corrected chi connectivity index (χ0v) is 16.6. The number of nitrogens with zero attached hydrogens (tertiary/aromatic N) is 3. The van der Waals surface area contributed by atoms with Gasteiger partial charge in [-0.1, -0.05) is 29.5 Å². The predicted molar refractivity (Wildman–Crippen MR) is 114 cm³/mol. The minimum Gasteiger partial charge on any atom is -0.486 e. The molecule has 152 valence electrons. The molecule has 1 amide bonds. The van der Waals surface area contributed by atoms with Crippen molar-refractivity contribution >= 4 is 39.2 Å². The standard InChI is InChI=1S/C21H17N3O5S/c1-2-8-23-16-12-17-18(29-10-9-28-17)13-19(16)30-21(23)22-20(25)7-6-14-4-3-5-15(11-14)24(26)27/h2-7,11-13H,1,8-10H2/b7-6+,22-21?. The third kappa shape index (κ3) is 4.01. The molecule has 1 aliphatic heterocycles. The predicted octanol–water partition coefficient (Wildman–Crippen LogP) is 3.71. The van der Waals surface area contributed by atoms with Crippen molar-refractivity contribution in [2.75, 3.05) is 13.2 Å². The van der Waals surface area contributed by atoms with Crippen LogP contribution in [0.3, 0.4) is 0 Å². The number of allylic oxidation sites excluding steroid dienone is 1. The molecule has 4 rings (SSSR count). The van der Waals surface area contributed by atoms with Crippen LogP contribution in [0.25, 0.3) is 16.3 Å². The van der Waals surface area contributed by atoms with Crippen LogP contribution in [0.15, 0.2) is 60.1 Å². The number of hydrogen-bond acceptors (Lipinski definition) is 6. The lowest BCUT2D eigenvalue weighted by molar-refractivity contribution is -0.384. The Morgan fingerprint density at radius 1 is 1.27 bits per heavy atom. The maximum Gasteiger partial charge on any atom is 0.272 e. The number of aromatic nitrogens is 1. The molecule has 0 aliphatic carbocycles. The van der Waals surface area contributed by atoms with Gasteiger partial charge in [-0.25, -0.2) is 0 Å². The van der Waals surface area contributed by atoms with Crippen molar-refractivity contribution < 1.29 is 19.2 Å². The van der Waals surface area contributed by atoms with Crippen LogP contribution in [0, 0.1) is 10.1 Å². The minimum absolute atomic E-state index is 0.0386. The van der Waals surface area contributed by atoms with Crippen molar-refractivity contribution in [2.45, 2.75) is 6.54 Å². The fourth-order valence-corrected chi connectivity index (χ4v) is 4.09. The summed E-state index contributed by atoms with van der Waals surface area (Å²) in [5, 5.41) is 10.9. The number of non-ortho nitro benzene ring substituents is 1. The van der Waals surface area contributed by atoms with E-state index in [1.807, 2.05) is 16.7 Å². The Hall–Kier alpha value is -3.72.